The highest BCUT2D eigenvalue weighted by Crippen LogP contribution is 2.10. The zero-order chi connectivity index (χ0) is 15.4. The lowest BCUT2D eigenvalue weighted by atomic mass is 10.0. The number of pyridine rings is 1. The number of aromatic nitrogens is 1. The average molecular weight is 308 g/mol. The molecule has 2 heterocycles. The Kier molecular flexibility index (Phi) is 4.21. The zero-order valence-electron chi connectivity index (χ0n) is 11.8. The van der Waals surface area contributed by atoms with Crippen LogP contribution in [0.25, 0.3) is 0 Å². The lowest BCUT2D eigenvalue weighted by Crippen LogP contribution is -2.37. The van der Waals surface area contributed by atoms with Gasteiger partial charge in [0.25, 0.3) is 0 Å². The molecule has 0 aliphatic carbocycles. The first-order valence-corrected chi connectivity index (χ1v) is 7.77. The van der Waals surface area contributed by atoms with Crippen LogP contribution < -0.4 is 4.57 Å². The molecule has 108 valence electrons. The molecule has 3 rings (SSSR count). The summed E-state index contributed by atoms with van der Waals surface area (Å²) in [6, 6.07) is 16.3. The highest BCUT2D eigenvalue weighted by atomic mass is 32.1. The van der Waals surface area contributed by atoms with Crippen molar-refractivity contribution in [2.24, 2.45) is 0 Å². The molecule has 0 unspecified atom stereocenters. The van der Waals surface area contributed by atoms with Gasteiger partial charge in [0, 0.05) is 23.3 Å². The molecular weight excluding hydrogens is 294 g/mol. The Hall–Kier alpha value is -2.59. The number of carbonyl (C=O) groups is 2. The van der Waals surface area contributed by atoms with Crippen LogP contribution in [0.2, 0.25) is 0 Å². The first-order chi connectivity index (χ1) is 10.7. The molecule has 3 aromatic rings. The summed E-state index contributed by atoms with van der Waals surface area (Å²) in [5, 5.41) is 1.89. The maximum absolute atomic E-state index is 12.3. The summed E-state index contributed by atoms with van der Waals surface area (Å²) in [4.78, 5) is 25.1. The van der Waals surface area contributed by atoms with Crippen molar-refractivity contribution < 1.29 is 14.2 Å². The van der Waals surface area contributed by atoms with Crippen LogP contribution in [0.15, 0.2) is 72.4 Å². The number of ketones is 2. The molecule has 0 radical (unpaired) electrons. The number of benzene rings is 1. The van der Waals surface area contributed by atoms with Gasteiger partial charge in [0.15, 0.2) is 18.2 Å². The van der Waals surface area contributed by atoms with Crippen molar-refractivity contribution in [3.63, 3.8) is 0 Å². The second kappa shape index (κ2) is 6.45. The molecule has 0 fully saturated rings. The van der Waals surface area contributed by atoms with E-state index in [2.05, 4.69) is 0 Å². The van der Waals surface area contributed by atoms with Crippen LogP contribution >= 0.6 is 11.3 Å². The third kappa shape index (κ3) is 3.18. The highest BCUT2D eigenvalue weighted by Gasteiger charge is 2.14. The molecule has 0 atom stereocenters. The highest BCUT2D eigenvalue weighted by molar-refractivity contribution is 7.12. The predicted octanol–water partition coefficient (Wildman–Crippen LogP) is 3.15. The van der Waals surface area contributed by atoms with Crippen LogP contribution in [0.4, 0.5) is 0 Å². The van der Waals surface area contributed by atoms with Crippen LogP contribution in [0.3, 0.4) is 0 Å². The number of hydrogen-bond acceptors (Lipinski definition) is 3. The second-order valence-corrected chi connectivity index (χ2v) is 5.80. The Bertz CT molecular complexity index is 778. The fourth-order valence-corrected chi connectivity index (χ4v) is 2.81. The molecule has 3 nitrogen and oxygen atoms in total. The van der Waals surface area contributed by atoms with Crippen molar-refractivity contribution in [1.29, 1.82) is 0 Å². The SMILES string of the molecule is O=C(c1ccccc1)c1cc[n+](CC(=O)c2cccs2)cc1. The molecule has 0 saturated carbocycles. The number of Topliss-reactive ketones (excluding diaryl/α,β-unsaturated/α-hetero) is 1. The number of nitrogens with zero attached hydrogens (tertiary/aromatic N) is 1. The van der Waals surface area contributed by atoms with Crippen LogP contribution in [0.1, 0.15) is 25.6 Å². The molecule has 0 saturated heterocycles. The van der Waals surface area contributed by atoms with Gasteiger partial charge in [-0.15, -0.1) is 11.3 Å². The van der Waals surface area contributed by atoms with Gasteiger partial charge in [-0.1, -0.05) is 36.4 Å². The first kappa shape index (κ1) is 14.4. The Labute approximate surface area is 132 Å². The molecule has 0 aliphatic rings. The van der Waals surface area contributed by atoms with Crippen molar-refractivity contribution in [3.8, 4) is 0 Å². The Balaban J connectivity index is 1.73. The number of hydrogen-bond donors (Lipinski definition) is 0. The van der Waals surface area contributed by atoms with E-state index in [1.165, 1.54) is 11.3 Å². The maximum Gasteiger partial charge on any atom is 0.237 e. The van der Waals surface area contributed by atoms with Gasteiger partial charge in [0.05, 0.1) is 4.88 Å². The van der Waals surface area contributed by atoms with Gasteiger partial charge in [0.1, 0.15) is 0 Å². The predicted molar refractivity (Wildman–Crippen MR) is 85.2 cm³/mol. The van der Waals surface area contributed by atoms with Crippen LogP contribution in [0, 0.1) is 0 Å². The molecule has 0 N–H and O–H groups in total. The number of thiophene rings is 1. The van der Waals surface area contributed by atoms with Gasteiger partial charge in [-0.05, 0) is 11.4 Å². The van der Waals surface area contributed by atoms with E-state index >= 15 is 0 Å². The minimum Gasteiger partial charge on any atom is -0.289 e. The monoisotopic (exact) mass is 308 g/mol. The summed E-state index contributed by atoms with van der Waals surface area (Å²) in [5.41, 5.74) is 1.28. The summed E-state index contributed by atoms with van der Waals surface area (Å²) in [7, 11) is 0. The third-order valence-corrected chi connectivity index (χ3v) is 4.22. The lowest BCUT2D eigenvalue weighted by Gasteiger charge is -2.00. The van der Waals surface area contributed by atoms with Gasteiger partial charge in [-0.3, -0.25) is 9.59 Å². The molecule has 4 heteroatoms. The van der Waals surface area contributed by atoms with E-state index < -0.39 is 0 Å². The van der Waals surface area contributed by atoms with Crippen molar-refractivity contribution in [2.75, 3.05) is 0 Å². The Morgan fingerprint density at radius 2 is 1.55 bits per heavy atom. The molecule has 1 aromatic carbocycles. The standard InChI is InChI=1S/C18H14NO2S/c20-16(17-7-4-12-22-17)13-19-10-8-15(9-11-19)18(21)14-5-2-1-3-6-14/h1-12H,13H2/q+1. The van der Waals surface area contributed by atoms with Gasteiger partial charge >= 0.3 is 0 Å². The van der Waals surface area contributed by atoms with E-state index in [-0.39, 0.29) is 18.1 Å². The zero-order valence-corrected chi connectivity index (χ0v) is 12.6. The van der Waals surface area contributed by atoms with E-state index in [4.69, 9.17) is 0 Å². The molecular formula is C18H14NO2S+. The quantitative estimate of drug-likeness (QED) is 0.536. The summed E-state index contributed by atoms with van der Waals surface area (Å²) >= 11 is 1.44. The van der Waals surface area contributed by atoms with Gasteiger partial charge in [-0.25, -0.2) is 0 Å². The van der Waals surface area contributed by atoms with E-state index in [0.717, 1.165) is 4.88 Å². The first-order valence-electron chi connectivity index (χ1n) is 6.89. The van der Waals surface area contributed by atoms with Crippen LogP contribution in [-0.4, -0.2) is 11.6 Å². The smallest absolute Gasteiger partial charge is 0.237 e. The van der Waals surface area contributed by atoms with Crippen molar-refractivity contribution in [2.45, 2.75) is 6.54 Å². The van der Waals surface area contributed by atoms with E-state index in [0.29, 0.717) is 11.1 Å². The van der Waals surface area contributed by atoms with Gasteiger partial charge < -0.3 is 0 Å². The number of carbonyl (C=O) groups excluding carboxylic acids is 2. The fraction of sp³-hybridized carbons (Fsp3) is 0.0556. The van der Waals surface area contributed by atoms with Crippen LogP contribution in [0.5, 0.6) is 0 Å². The molecule has 0 spiro atoms. The second-order valence-electron chi connectivity index (χ2n) is 4.85. The topological polar surface area (TPSA) is 38.0 Å². The molecule has 0 bridgehead atoms. The minimum atomic E-state index is -0.0164. The molecule has 0 aliphatic heterocycles. The summed E-state index contributed by atoms with van der Waals surface area (Å²) in [6.07, 6.45) is 3.53. The normalized spacial score (nSPS) is 10.4. The Morgan fingerprint density at radius 1 is 0.864 bits per heavy atom. The summed E-state index contributed by atoms with van der Waals surface area (Å²) < 4.78 is 1.78. The minimum absolute atomic E-state index is 0.0164. The maximum atomic E-state index is 12.3. The Morgan fingerprint density at radius 3 is 2.18 bits per heavy atom. The summed E-state index contributed by atoms with van der Waals surface area (Å²) in [6.45, 7) is 0.278. The van der Waals surface area contributed by atoms with Crippen molar-refractivity contribution in [1.82, 2.24) is 0 Å². The molecule has 22 heavy (non-hydrogen) atoms. The summed E-state index contributed by atoms with van der Waals surface area (Å²) in [5.74, 6) is 0.0551. The van der Waals surface area contributed by atoms with E-state index in [1.54, 1.807) is 41.2 Å². The van der Waals surface area contributed by atoms with Gasteiger partial charge in [0.2, 0.25) is 12.3 Å². The van der Waals surface area contributed by atoms with E-state index in [1.807, 2.05) is 35.7 Å². The van der Waals surface area contributed by atoms with Crippen LogP contribution in [-0.2, 0) is 6.54 Å². The van der Waals surface area contributed by atoms with Gasteiger partial charge in [-0.2, -0.15) is 4.57 Å². The average Bonchev–Trinajstić information content (AvgIpc) is 3.10. The molecule has 2 aromatic heterocycles. The van der Waals surface area contributed by atoms with Crippen molar-refractivity contribution in [3.05, 3.63) is 88.4 Å². The third-order valence-electron chi connectivity index (χ3n) is 3.31. The number of rotatable bonds is 5. The van der Waals surface area contributed by atoms with E-state index in [9.17, 15) is 9.59 Å². The molecule has 0 amide bonds. The fourth-order valence-electron chi connectivity index (χ4n) is 2.15. The lowest BCUT2D eigenvalue weighted by molar-refractivity contribution is -0.683. The van der Waals surface area contributed by atoms with Crippen molar-refractivity contribution >= 4 is 22.9 Å². The largest absolute Gasteiger partial charge is 0.289 e.